The van der Waals surface area contributed by atoms with Crippen molar-refractivity contribution in [3.05, 3.63) is 0 Å². The normalized spacial score (nSPS) is 27.8. The van der Waals surface area contributed by atoms with Gasteiger partial charge in [-0.15, -0.1) is 0 Å². The summed E-state index contributed by atoms with van der Waals surface area (Å²) in [5.74, 6) is 0. The molecule has 0 bridgehead atoms. The topological polar surface area (TPSA) is 18.5 Å². The Bertz CT molecular complexity index is 238. The minimum absolute atomic E-state index is 0.694. The van der Waals surface area contributed by atoms with E-state index in [1.807, 2.05) is 0 Å². The zero-order valence-corrected chi connectivity index (χ0v) is 13.0. The Balaban J connectivity index is 1.71. The van der Waals surface area contributed by atoms with E-state index in [1.165, 1.54) is 77.8 Å². The molecule has 0 aromatic rings. The smallest absolute Gasteiger partial charge is 0.0235 e. The van der Waals surface area contributed by atoms with Crippen LogP contribution in [0, 0.1) is 0 Å². The molecule has 0 saturated carbocycles. The number of nitrogens with one attached hydrogen (secondary N) is 1. The first-order chi connectivity index (χ1) is 9.33. The molecule has 0 amide bonds. The van der Waals surface area contributed by atoms with Crippen molar-refractivity contribution >= 4 is 0 Å². The number of nitrogens with zero attached hydrogens (tertiary/aromatic N) is 2. The average molecular weight is 267 g/mol. The Labute approximate surface area is 119 Å². The zero-order chi connectivity index (χ0) is 13.5. The highest BCUT2D eigenvalue weighted by molar-refractivity contribution is 4.86. The first-order valence-corrected chi connectivity index (χ1v) is 8.53. The summed E-state index contributed by atoms with van der Waals surface area (Å²) < 4.78 is 0. The average Bonchev–Trinajstić information content (AvgIpc) is 2.93. The summed E-state index contributed by atoms with van der Waals surface area (Å²) in [5, 5.41) is 3.69. The molecular weight excluding hydrogens is 234 g/mol. The van der Waals surface area contributed by atoms with Crippen LogP contribution >= 0.6 is 0 Å². The van der Waals surface area contributed by atoms with Gasteiger partial charge in [-0.1, -0.05) is 20.3 Å². The van der Waals surface area contributed by atoms with Gasteiger partial charge < -0.3 is 10.2 Å². The summed E-state index contributed by atoms with van der Waals surface area (Å²) in [6, 6.07) is 1.55. The number of likely N-dealkylation sites (tertiary alicyclic amines) is 2. The van der Waals surface area contributed by atoms with E-state index in [0.29, 0.717) is 6.04 Å². The van der Waals surface area contributed by atoms with E-state index in [-0.39, 0.29) is 0 Å². The van der Waals surface area contributed by atoms with Gasteiger partial charge in [-0.05, 0) is 58.3 Å². The third kappa shape index (κ3) is 4.73. The molecule has 2 fully saturated rings. The summed E-state index contributed by atoms with van der Waals surface area (Å²) >= 11 is 0. The van der Waals surface area contributed by atoms with E-state index >= 15 is 0 Å². The van der Waals surface area contributed by atoms with Gasteiger partial charge in [0.15, 0.2) is 0 Å². The molecule has 2 saturated heterocycles. The van der Waals surface area contributed by atoms with Crippen LogP contribution in [0.5, 0.6) is 0 Å². The van der Waals surface area contributed by atoms with Gasteiger partial charge >= 0.3 is 0 Å². The quantitative estimate of drug-likeness (QED) is 0.764. The molecule has 0 radical (unpaired) electrons. The molecule has 2 aliphatic heterocycles. The van der Waals surface area contributed by atoms with Gasteiger partial charge in [0.2, 0.25) is 0 Å². The molecule has 3 heteroatoms. The van der Waals surface area contributed by atoms with Crippen molar-refractivity contribution in [2.24, 2.45) is 0 Å². The Hall–Kier alpha value is -0.120. The summed E-state index contributed by atoms with van der Waals surface area (Å²) in [6.07, 6.45) is 8.19. The molecule has 2 atom stereocenters. The van der Waals surface area contributed by atoms with Crippen LogP contribution in [0.4, 0.5) is 0 Å². The molecule has 2 heterocycles. The summed E-state index contributed by atoms with van der Waals surface area (Å²) in [5.41, 5.74) is 0. The lowest BCUT2D eigenvalue weighted by Crippen LogP contribution is -2.43. The Morgan fingerprint density at radius 3 is 2.58 bits per heavy atom. The van der Waals surface area contributed by atoms with Crippen LogP contribution in [0.3, 0.4) is 0 Å². The highest BCUT2D eigenvalue weighted by Crippen LogP contribution is 2.20. The highest BCUT2D eigenvalue weighted by Gasteiger charge is 2.29. The second kappa shape index (κ2) is 8.23. The highest BCUT2D eigenvalue weighted by atomic mass is 15.3. The lowest BCUT2D eigenvalue weighted by atomic mass is 10.1. The van der Waals surface area contributed by atoms with E-state index in [1.54, 1.807) is 0 Å². The van der Waals surface area contributed by atoms with Gasteiger partial charge in [-0.2, -0.15) is 0 Å². The van der Waals surface area contributed by atoms with Gasteiger partial charge in [0.1, 0.15) is 0 Å². The van der Waals surface area contributed by atoms with Gasteiger partial charge in [0.05, 0.1) is 0 Å². The Kier molecular flexibility index (Phi) is 6.62. The fourth-order valence-electron chi connectivity index (χ4n) is 3.56. The van der Waals surface area contributed by atoms with Crippen LogP contribution < -0.4 is 5.32 Å². The maximum absolute atomic E-state index is 3.69. The number of hydrogen-bond acceptors (Lipinski definition) is 3. The lowest BCUT2D eigenvalue weighted by molar-refractivity contribution is 0.159. The van der Waals surface area contributed by atoms with Crippen LogP contribution in [0.2, 0.25) is 0 Å². The predicted octanol–water partition coefficient (Wildman–Crippen LogP) is 2.32. The molecule has 3 nitrogen and oxygen atoms in total. The molecule has 2 unspecified atom stereocenters. The molecule has 2 rings (SSSR count). The fraction of sp³-hybridized carbons (Fsp3) is 1.00. The number of hydrogen-bond donors (Lipinski definition) is 1. The van der Waals surface area contributed by atoms with Gasteiger partial charge in [0.25, 0.3) is 0 Å². The van der Waals surface area contributed by atoms with Crippen molar-refractivity contribution in [3.8, 4) is 0 Å². The molecule has 112 valence electrons. The van der Waals surface area contributed by atoms with E-state index in [2.05, 4.69) is 29.0 Å². The van der Waals surface area contributed by atoms with E-state index in [0.717, 1.165) is 6.04 Å². The first kappa shape index (κ1) is 15.3. The van der Waals surface area contributed by atoms with Crippen molar-refractivity contribution < 1.29 is 0 Å². The first-order valence-electron chi connectivity index (χ1n) is 8.53. The number of rotatable bonds is 7. The fourth-order valence-corrected chi connectivity index (χ4v) is 3.56. The SMILES string of the molecule is CCCNC(CC)CN1CCC(N2CCCCC2)C1. The van der Waals surface area contributed by atoms with E-state index in [9.17, 15) is 0 Å². The predicted molar refractivity (Wildman–Crippen MR) is 82.6 cm³/mol. The maximum Gasteiger partial charge on any atom is 0.0235 e. The summed E-state index contributed by atoms with van der Waals surface area (Å²) in [4.78, 5) is 5.44. The van der Waals surface area contributed by atoms with Crippen molar-refractivity contribution in [2.75, 3.05) is 39.3 Å². The van der Waals surface area contributed by atoms with E-state index < -0.39 is 0 Å². The third-order valence-corrected chi connectivity index (χ3v) is 4.81. The molecule has 0 aliphatic carbocycles. The van der Waals surface area contributed by atoms with Crippen LogP contribution in [-0.4, -0.2) is 61.2 Å². The van der Waals surface area contributed by atoms with Crippen LogP contribution in [0.15, 0.2) is 0 Å². The number of piperidine rings is 1. The molecule has 0 aromatic carbocycles. The van der Waals surface area contributed by atoms with Crippen molar-refractivity contribution in [1.29, 1.82) is 0 Å². The van der Waals surface area contributed by atoms with Crippen molar-refractivity contribution in [1.82, 2.24) is 15.1 Å². The van der Waals surface area contributed by atoms with Gasteiger partial charge in [-0.3, -0.25) is 4.90 Å². The van der Waals surface area contributed by atoms with Crippen LogP contribution in [0.1, 0.15) is 52.4 Å². The second-order valence-corrected chi connectivity index (χ2v) is 6.36. The van der Waals surface area contributed by atoms with E-state index in [4.69, 9.17) is 0 Å². The molecule has 1 N–H and O–H groups in total. The standard InChI is InChI=1S/C16H33N3/c1-3-9-17-15(4-2)13-18-12-8-16(14-18)19-10-6-5-7-11-19/h15-17H,3-14H2,1-2H3. The molecule has 19 heavy (non-hydrogen) atoms. The largest absolute Gasteiger partial charge is 0.313 e. The zero-order valence-electron chi connectivity index (χ0n) is 13.0. The van der Waals surface area contributed by atoms with Crippen molar-refractivity contribution in [3.63, 3.8) is 0 Å². The minimum Gasteiger partial charge on any atom is -0.313 e. The second-order valence-electron chi connectivity index (χ2n) is 6.36. The maximum atomic E-state index is 3.69. The monoisotopic (exact) mass is 267 g/mol. The lowest BCUT2D eigenvalue weighted by Gasteiger charge is -2.32. The molecular formula is C16H33N3. The Morgan fingerprint density at radius 1 is 1.11 bits per heavy atom. The molecule has 0 aromatic heterocycles. The van der Waals surface area contributed by atoms with Crippen LogP contribution in [0.25, 0.3) is 0 Å². The Morgan fingerprint density at radius 2 is 1.89 bits per heavy atom. The van der Waals surface area contributed by atoms with Crippen LogP contribution in [-0.2, 0) is 0 Å². The summed E-state index contributed by atoms with van der Waals surface area (Å²) in [6.45, 7) is 12.3. The molecule has 0 spiro atoms. The molecule has 2 aliphatic rings. The third-order valence-electron chi connectivity index (χ3n) is 4.81. The van der Waals surface area contributed by atoms with Crippen molar-refractivity contribution in [2.45, 2.75) is 64.5 Å². The summed E-state index contributed by atoms with van der Waals surface area (Å²) in [7, 11) is 0. The minimum atomic E-state index is 0.694. The van der Waals surface area contributed by atoms with Gasteiger partial charge in [0, 0.05) is 25.2 Å². The van der Waals surface area contributed by atoms with Gasteiger partial charge in [-0.25, -0.2) is 0 Å².